The number of carbonyl (C=O) groups is 1. The van der Waals surface area contributed by atoms with Crippen LogP contribution in [0, 0.1) is 0 Å². The Morgan fingerprint density at radius 2 is 2.25 bits per heavy atom. The number of hydrogen-bond acceptors (Lipinski definition) is 3. The summed E-state index contributed by atoms with van der Waals surface area (Å²) in [5.74, 6) is -2.59. The smallest absolute Gasteiger partial charge is 0.252 e. The van der Waals surface area contributed by atoms with E-state index < -0.39 is 5.92 Å². The van der Waals surface area contributed by atoms with Gasteiger partial charge >= 0.3 is 0 Å². The van der Waals surface area contributed by atoms with Crippen LogP contribution in [-0.4, -0.2) is 23.2 Å². The number of rotatable bonds is 3. The molecule has 3 nitrogen and oxygen atoms in total. The second kappa shape index (κ2) is 3.97. The molecule has 1 aliphatic carbocycles. The molecule has 1 N–H and O–H groups in total. The Kier molecular flexibility index (Phi) is 2.80. The lowest BCUT2D eigenvalue weighted by Gasteiger charge is -2.36. The molecule has 2 rings (SSSR count). The van der Waals surface area contributed by atoms with E-state index in [0.717, 1.165) is 0 Å². The second-order valence-corrected chi connectivity index (χ2v) is 4.20. The van der Waals surface area contributed by atoms with Crippen LogP contribution in [0.4, 0.5) is 14.5 Å². The van der Waals surface area contributed by atoms with Gasteiger partial charge < -0.3 is 5.32 Å². The third kappa shape index (κ3) is 2.29. The van der Waals surface area contributed by atoms with Gasteiger partial charge in [-0.25, -0.2) is 13.8 Å². The van der Waals surface area contributed by atoms with Crippen molar-refractivity contribution in [2.75, 3.05) is 5.32 Å². The first-order chi connectivity index (χ1) is 7.50. The topological polar surface area (TPSA) is 42.0 Å². The molecule has 0 saturated heterocycles. The van der Waals surface area contributed by atoms with Gasteiger partial charge in [-0.15, -0.1) is 0 Å². The molecule has 0 spiro atoms. The Balaban J connectivity index is 2.09. The van der Waals surface area contributed by atoms with Crippen molar-refractivity contribution in [2.24, 2.45) is 0 Å². The molecule has 0 amide bonds. The molecular formula is C10H9ClF2N2O. The Hall–Kier alpha value is -1.23. The third-order valence-corrected chi connectivity index (χ3v) is 2.68. The van der Waals surface area contributed by atoms with Crippen molar-refractivity contribution >= 4 is 23.6 Å². The van der Waals surface area contributed by atoms with Crippen LogP contribution >= 0.6 is 11.6 Å². The third-order valence-electron chi connectivity index (χ3n) is 2.48. The van der Waals surface area contributed by atoms with Crippen molar-refractivity contribution in [3.8, 4) is 0 Å². The van der Waals surface area contributed by atoms with Crippen LogP contribution in [-0.2, 0) is 0 Å². The zero-order chi connectivity index (χ0) is 11.8. The number of pyridine rings is 1. The summed E-state index contributed by atoms with van der Waals surface area (Å²) in [5.41, 5.74) is 0.773. The van der Waals surface area contributed by atoms with Crippen LogP contribution in [0.1, 0.15) is 23.2 Å². The molecule has 0 aliphatic heterocycles. The highest BCUT2D eigenvalue weighted by Crippen LogP contribution is 2.39. The second-order valence-electron chi connectivity index (χ2n) is 3.82. The molecule has 0 bridgehead atoms. The number of aldehydes is 1. The number of anilines is 1. The largest absolute Gasteiger partial charge is 0.381 e. The van der Waals surface area contributed by atoms with Crippen LogP contribution in [0.25, 0.3) is 0 Å². The lowest BCUT2D eigenvalue weighted by atomic mass is 9.88. The average Bonchev–Trinajstić information content (AvgIpc) is 2.15. The highest BCUT2D eigenvalue weighted by atomic mass is 35.5. The normalized spacial score (nSPS) is 18.9. The van der Waals surface area contributed by atoms with Crippen molar-refractivity contribution in [2.45, 2.75) is 24.8 Å². The van der Waals surface area contributed by atoms with E-state index in [2.05, 4.69) is 10.3 Å². The molecule has 1 saturated carbocycles. The van der Waals surface area contributed by atoms with Crippen LogP contribution in [0.15, 0.2) is 12.3 Å². The van der Waals surface area contributed by atoms with Gasteiger partial charge in [0.2, 0.25) is 0 Å². The van der Waals surface area contributed by atoms with E-state index in [-0.39, 0.29) is 24.0 Å². The van der Waals surface area contributed by atoms with Crippen molar-refractivity contribution in [1.82, 2.24) is 4.98 Å². The standard InChI is InChI=1S/C10H9ClF2N2O/c11-9-1-8(6(5-16)4-14-9)15-7-2-10(12,13)3-7/h1,4-5,7H,2-3H2,(H,14,15). The Labute approximate surface area is 95.8 Å². The summed E-state index contributed by atoms with van der Waals surface area (Å²) in [6.07, 6.45) is 1.49. The molecule has 1 heterocycles. The fraction of sp³-hybridized carbons (Fsp3) is 0.400. The monoisotopic (exact) mass is 246 g/mol. The van der Waals surface area contributed by atoms with Crippen LogP contribution in [0.5, 0.6) is 0 Å². The molecule has 1 aromatic heterocycles. The van der Waals surface area contributed by atoms with Gasteiger partial charge in [0.15, 0.2) is 6.29 Å². The minimum absolute atomic E-state index is 0.217. The average molecular weight is 247 g/mol. The van der Waals surface area contributed by atoms with E-state index in [9.17, 15) is 13.6 Å². The van der Waals surface area contributed by atoms with Crippen LogP contribution in [0.3, 0.4) is 0 Å². The molecule has 1 aliphatic rings. The minimum atomic E-state index is -2.59. The summed E-state index contributed by atoms with van der Waals surface area (Å²) in [6.45, 7) is 0. The molecule has 0 radical (unpaired) electrons. The zero-order valence-electron chi connectivity index (χ0n) is 8.21. The van der Waals surface area contributed by atoms with E-state index in [4.69, 9.17) is 11.6 Å². The van der Waals surface area contributed by atoms with Crippen LogP contribution < -0.4 is 5.32 Å². The highest BCUT2D eigenvalue weighted by molar-refractivity contribution is 6.29. The quantitative estimate of drug-likeness (QED) is 0.659. The van der Waals surface area contributed by atoms with Gasteiger partial charge in [0.05, 0.1) is 5.56 Å². The van der Waals surface area contributed by atoms with Gasteiger partial charge in [-0.05, 0) is 6.07 Å². The molecule has 16 heavy (non-hydrogen) atoms. The van der Waals surface area contributed by atoms with E-state index in [1.54, 1.807) is 0 Å². The number of hydrogen-bond donors (Lipinski definition) is 1. The van der Waals surface area contributed by atoms with E-state index in [1.165, 1.54) is 12.3 Å². The van der Waals surface area contributed by atoms with Gasteiger partial charge in [0, 0.05) is 30.8 Å². The minimum Gasteiger partial charge on any atom is -0.381 e. The summed E-state index contributed by atoms with van der Waals surface area (Å²) in [5, 5.41) is 3.08. The molecule has 1 fully saturated rings. The maximum Gasteiger partial charge on any atom is 0.252 e. The van der Waals surface area contributed by atoms with Gasteiger partial charge in [0.1, 0.15) is 5.15 Å². The zero-order valence-corrected chi connectivity index (χ0v) is 8.97. The Morgan fingerprint density at radius 1 is 1.56 bits per heavy atom. The highest BCUT2D eigenvalue weighted by Gasteiger charge is 2.45. The lowest BCUT2D eigenvalue weighted by molar-refractivity contribution is -0.0793. The van der Waals surface area contributed by atoms with Crippen molar-refractivity contribution in [3.05, 3.63) is 23.0 Å². The predicted molar refractivity (Wildman–Crippen MR) is 56.2 cm³/mol. The summed E-state index contributed by atoms with van der Waals surface area (Å²) >= 11 is 5.66. The predicted octanol–water partition coefficient (Wildman–Crippen LogP) is 2.76. The maximum atomic E-state index is 12.6. The lowest BCUT2D eigenvalue weighted by Crippen LogP contribution is -2.44. The number of halogens is 3. The summed E-state index contributed by atoms with van der Waals surface area (Å²) in [7, 11) is 0. The molecule has 0 atom stereocenters. The molecule has 86 valence electrons. The van der Waals surface area contributed by atoms with Gasteiger partial charge in [-0.1, -0.05) is 11.6 Å². The number of alkyl halides is 2. The summed E-state index contributed by atoms with van der Waals surface area (Å²) in [4.78, 5) is 14.4. The summed E-state index contributed by atoms with van der Waals surface area (Å²) < 4.78 is 25.2. The molecule has 1 aromatic rings. The van der Waals surface area contributed by atoms with Gasteiger partial charge in [-0.2, -0.15) is 0 Å². The molecule has 0 unspecified atom stereocenters. The first-order valence-electron chi connectivity index (χ1n) is 4.75. The van der Waals surface area contributed by atoms with Crippen molar-refractivity contribution < 1.29 is 13.6 Å². The van der Waals surface area contributed by atoms with E-state index in [1.807, 2.05) is 0 Å². The molecule has 6 heteroatoms. The Morgan fingerprint density at radius 3 is 2.81 bits per heavy atom. The number of carbonyl (C=O) groups excluding carboxylic acids is 1. The first kappa shape index (κ1) is 11.3. The van der Waals surface area contributed by atoms with Gasteiger partial charge in [-0.3, -0.25) is 4.79 Å². The number of nitrogens with one attached hydrogen (secondary N) is 1. The fourth-order valence-electron chi connectivity index (χ4n) is 1.64. The maximum absolute atomic E-state index is 12.6. The molecular weight excluding hydrogens is 238 g/mol. The first-order valence-corrected chi connectivity index (χ1v) is 5.13. The van der Waals surface area contributed by atoms with E-state index in [0.29, 0.717) is 17.5 Å². The Bertz CT molecular complexity index is 417. The van der Waals surface area contributed by atoms with Gasteiger partial charge in [0.25, 0.3) is 5.92 Å². The summed E-state index contributed by atoms with van der Waals surface area (Å²) in [6, 6.07) is 1.15. The molecule has 0 aromatic carbocycles. The SMILES string of the molecule is O=Cc1cnc(Cl)cc1NC1CC(F)(F)C1. The van der Waals surface area contributed by atoms with Crippen LogP contribution in [0.2, 0.25) is 5.15 Å². The number of aromatic nitrogens is 1. The van der Waals surface area contributed by atoms with Crippen molar-refractivity contribution in [3.63, 3.8) is 0 Å². The van der Waals surface area contributed by atoms with Crippen molar-refractivity contribution in [1.29, 1.82) is 0 Å². The fourth-order valence-corrected chi connectivity index (χ4v) is 1.80. The number of nitrogens with zero attached hydrogens (tertiary/aromatic N) is 1. The van der Waals surface area contributed by atoms with E-state index >= 15 is 0 Å².